The monoisotopic (exact) mass is 370 g/mol. The van der Waals surface area contributed by atoms with Crippen LogP contribution in [0, 0.1) is 13.8 Å². The third kappa shape index (κ3) is 3.65. The summed E-state index contributed by atoms with van der Waals surface area (Å²) in [6, 6.07) is 7.70. The van der Waals surface area contributed by atoms with Crippen molar-refractivity contribution in [2.75, 3.05) is 19.5 Å². The lowest BCUT2D eigenvalue weighted by Gasteiger charge is -2.14. The number of ether oxygens (including phenoxy) is 2. The lowest BCUT2D eigenvalue weighted by molar-refractivity contribution is 0.102. The van der Waals surface area contributed by atoms with Crippen molar-refractivity contribution in [2.24, 2.45) is 0 Å². The number of nitrogens with one attached hydrogen (secondary N) is 1. The molecule has 1 amide bonds. The summed E-state index contributed by atoms with van der Waals surface area (Å²) in [4.78, 5) is 17.1. The lowest BCUT2D eigenvalue weighted by atomic mass is 9.97. The molecular formula is C18H18N4O3S. The van der Waals surface area contributed by atoms with Crippen LogP contribution in [0.2, 0.25) is 0 Å². The van der Waals surface area contributed by atoms with E-state index >= 15 is 0 Å². The zero-order chi connectivity index (χ0) is 18.7. The molecule has 0 unspecified atom stereocenters. The van der Waals surface area contributed by atoms with E-state index in [9.17, 15) is 4.79 Å². The molecule has 134 valence electrons. The second-order valence-corrected chi connectivity index (χ2v) is 6.55. The number of anilines is 1. The fourth-order valence-corrected chi connectivity index (χ4v) is 3.06. The number of hydrogen-bond acceptors (Lipinski definition) is 7. The molecule has 2 heterocycles. The van der Waals surface area contributed by atoms with Crippen molar-refractivity contribution >= 4 is 22.4 Å². The molecule has 0 radical (unpaired) electrons. The standard InChI is InChI=1S/C18H18N4O3S/c1-10-5-6-15(24-3)13(7-10)12-8-11(2)19-9-14(12)16(23)20-17-21-22-18(25-4)26-17/h5-9H,1-4H3,(H,20,21,23). The van der Waals surface area contributed by atoms with Crippen molar-refractivity contribution in [3.8, 4) is 22.1 Å². The van der Waals surface area contributed by atoms with Crippen molar-refractivity contribution in [2.45, 2.75) is 13.8 Å². The number of pyridine rings is 1. The zero-order valence-electron chi connectivity index (χ0n) is 14.9. The number of rotatable bonds is 5. The molecule has 26 heavy (non-hydrogen) atoms. The number of hydrogen-bond donors (Lipinski definition) is 1. The van der Waals surface area contributed by atoms with Crippen molar-refractivity contribution in [3.63, 3.8) is 0 Å². The molecule has 0 saturated heterocycles. The first-order valence-electron chi connectivity index (χ1n) is 7.82. The summed E-state index contributed by atoms with van der Waals surface area (Å²) in [7, 11) is 3.10. The predicted molar refractivity (Wildman–Crippen MR) is 100 cm³/mol. The van der Waals surface area contributed by atoms with E-state index in [1.165, 1.54) is 7.11 Å². The first-order chi connectivity index (χ1) is 12.5. The van der Waals surface area contributed by atoms with E-state index in [0.717, 1.165) is 33.7 Å². The Morgan fingerprint density at radius 3 is 2.58 bits per heavy atom. The number of amides is 1. The van der Waals surface area contributed by atoms with Gasteiger partial charge in [-0.1, -0.05) is 16.7 Å². The number of methoxy groups -OCH3 is 2. The summed E-state index contributed by atoms with van der Waals surface area (Å²) in [6.45, 7) is 3.87. The molecule has 0 aliphatic rings. The van der Waals surface area contributed by atoms with Crippen LogP contribution in [0.4, 0.5) is 5.13 Å². The molecule has 0 bridgehead atoms. The summed E-state index contributed by atoms with van der Waals surface area (Å²) < 4.78 is 10.5. The van der Waals surface area contributed by atoms with Gasteiger partial charge < -0.3 is 9.47 Å². The third-order valence-corrected chi connectivity index (χ3v) is 4.53. The number of aryl methyl sites for hydroxylation is 2. The van der Waals surface area contributed by atoms with Gasteiger partial charge in [0.25, 0.3) is 11.1 Å². The minimum Gasteiger partial charge on any atom is -0.496 e. The molecule has 0 spiro atoms. The van der Waals surface area contributed by atoms with Gasteiger partial charge in [0, 0.05) is 23.0 Å². The van der Waals surface area contributed by atoms with Crippen LogP contribution in [-0.2, 0) is 0 Å². The largest absolute Gasteiger partial charge is 0.496 e. The molecule has 2 aromatic heterocycles. The van der Waals surface area contributed by atoms with Gasteiger partial charge in [-0.3, -0.25) is 15.1 Å². The van der Waals surface area contributed by atoms with Crippen LogP contribution >= 0.6 is 11.3 Å². The fraction of sp³-hybridized carbons (Fsp3) is 0.222. The summed E-state index contributed by atoms with van der Waals surface area (Å²) in [5, 5.41) is 11.2. The van der Waals surface area contributed by atoms with Crippen molar-refractivity contribution in [1.29, 1.82) is 0 Å². The summed E-state index contributed by atoms with van der Waals surface area (Å²) >= 11 is 1.15. The highest BCUT2D eigenvalue weighted by Gasteiger charge is 2.18. The third-order valence-electron chi connectivity index (χ3n) is 3.73. The van der Waals surface area contributed by atoms with Gasteiger partial charge in [-0.2, -0.15) is 0 Å². The number of benzene rings is 1. The summed E-state index contributed by atoms with van der Waals surface area (Å²) in [6.07, 6.45) is 1.56. The Hall–Kier alpha value is -3.00. The van der Waals surface area contributed by atoms with Crippen LogP contribution < -0.4 is 14.8 Å². The Balaban J connectivity index is 2.03. The molecule has 0 aliphatic heterocycles. The van der Waals surface area contributed by atoms with Gasteiger partial charge >= 0.3 is 0 Å². The van der Waals surface area contributed by atoms with Crippen LogP contribution in [0.15, 0.2) is 30.5 Å². The summed E-state index contributed by atoms with van der Waals surface area (Å²) in [5.74, 6) is 0.364. The first kappa shape index (κ1) is 17.8. The number of carbonyl (C=O) groups excluding carboxylic acids is 1. The minimum absolute atomic E-state index is 0.324. The highest BCUT2D eigenvalue weighted by Crippen LogP contribution is 2.34. The molecule has 0 saturated carbocycles. The van der Waals surface area contributed by atoms with Crippen molar-refractivity contribution < 1.29 is 14.3 Å². The van der Waals surface area contributed by atoms with Crippen LogP contribution in [0.3, 0.4) is 0 Å². The molecule has 8 heteroatoms. The van der Waals surface area contributed by atoms with Crippen molar-refractivity contribution in [3.05, 3.63) is 47.3 Å². The quantitative estimate of drug-likeness (QED) is 0.740. The van der Waals surface area contributed by atoms with E-state index in [-0.39, 0.29) is 5.91 Å². The van der Waals surface area contributed by atoms with E-state index in [1.54, 1.807) is 13.3 Å². The van der Waals surface area contributed by atoms with E-state index in [0.29, 0.717) is 21.6 Å². The molecule has 1 N–H and O–H groups in total. The number of nitrogens with zero attached hydrogens (tertiary/aromatic N) is 3. The lowest BCUT2D eigenvalue weighted by Crippen LogP contribution is -2.14. The second-order valence-electron chi connectivity index (χ2n) is 5.61. The van der Waals surface area contributed by atoms with Gasteiger partial charge in [0.2, 0.25) is 5.13 Å². The molecule has 0 aliphatic carbocycles. The van der Waals surface area contributed by atoms with Gasteiger partial charge in [0.15, 0.2) is 0 Å². The van der Waals surface area contributed by atoms with Crippen LogP contribution in [0.1, 0.15) is 21.6 Å². The van der Waals surface area contributed by atoms with Crippen molar-refractivity contribution in [1.82, 2.24) is 15.2 Å². The van der Waals surface area contributed by atoms with Gasteiger partial charge in [0.05, 0.1) is 19.8 Å². The highest BCUT2D eigenvalue weighted by atomic mass is 32.1. The van der Waals surface area contributed by atoms with Gasteiger partial charge in [-0.15, -0.1) is 5.10 Å². The van der Waals surface area contributed by atoms with E-state index in [4.69, 9.17) is 9.47 Å². The zero-order valence-corrected chi connectivity index (χ0v) is 15.7. The van der Waals surface area contributed by atoms with Gasteiger partial charge in [0.1, 0.15) is 5.75 Å². The molecule has 3 aromatic rings. The maximum atomic E-state index is 12.8. The second kappa shape index (κ2) is 7.49. The number of aromatic nitrogens is 3. The molecular weight excluding hydrogens is 352 g/mol. The Kier molecular flexibility index (Phi) is 5.13. The number of carbonyl (C=O) groups is 1. The predicted octanol–water partition coefficient (Wildman–Crippen LogP) is 3.49. The Labute approximate surface area is 155 Å². The maximum absolute atomic E-state index is 12.8. The van der Waals surface area contributed by atoms with Crippen LogP contribution in [-0.4, -0.2) is 35.3 Å². The first-order valence-corrected chi connectivity index (χ1v) is 8.64. The highest BCUT2D eigenvalue weighted by molar-refractivity contribution is 7.17. The maximum Gasteiger partial charge on any atom is 0.295 e. The topological polar surface area (TPSA) is 86.2 Å². The van der Waals surface area contributed by atoms with Crippen LogP contribution in [0.25, 0.3) is 11.1 Å². The van der Waals surface area contributed by atoms with E-state index < -0.39 is 0 Å². The Morgan fingerprint density at radius 2 is 1.88 bits per heavy atom. The Morgan fingerprint density at radius 1 is 1.08 bits per heavy atom. The molecule has 0 atom stereocenters. The van der Waals surface area contributed by atoms with E-state index in [1.807, 2.05) is 38.1 Å². The fourth-order valence-electron chi connectivity index (χ4n) is 2.50. The molecule has 1 aromatic carbocycles. The molecule has 0 fully saturated rings. The minimum atomic E-state index is -0.324. The SMILES string of the molecule is COc1nnc(NC(=O)c2cnc(C)cc2-c2cc(C)ccc2OC)s1. The van der Waals surface area contributed by atoms with Crippen LogP contribution in [0.5, 0.6) is 10.9 Å². The average molecular weight is 370 g/mol. The smallest absolute Gasteiger partial charge is 0.295 e. The van der Waals surface area contributed by atoms with E-state index in [2.05, 4.69) is 20.5 Å². The van der Waals surface area contributed by atoms with Gasteiger partial charge in [-0.25, -0.2) is 0 Å². The molecule has 3 rings (SSSR count). The van der Waals surface area contributed by atoms with Gasteiger partial charge in [-0.05, 0) is 43.4 Å². The molecule has 7 nitrogen and oxygen atoms in total. The summed E-state index contributed by atoms with van der Waals surface area (Å²) in [5.41, 5.74) is 3.87. The normalized spacial score (nSPS) is 10.5. The Bertz CT molecular complexity index is 955. The average Bonchev–Trinajstić information content (AvgIpc) is 3.09.